The number of carbonyl (C=O) groups is 1. The molecule has 1 atom stereocenters. The van der Waals surface area contributed by atoms with E-state index >= 15 is 0 Å². The summed E-state index contributed by atoms with van der Waals surface area (Å²) in [6, 6.07) is 31.7. The van der Waals surface area contributed by atoms with E-state index in [-0.39, 0.29) is 11.5 Å². The van der Waals surface area contributed by atoms with Gasteiger partial charge in [0.15, 0.2) is 4.80 Å². The quantitative estimate of drug-likeness (QED) is 0.233. The Morgan fingerprint density at radius 1 is 0.953 bits per heavy atom. The zero-order chi connectivity index (χ0) is 29.9. The van der Waals surface area contributed by atoms with Gasteiger partial charge in [-0.3, -0.25) is 14.2 Å². The highest BCUT2D eigenvalue weighted by Crippen LogP contribution is 2.31. The highest BCUT2D eigenvalue weighted by atomic mass is 35.5. The predicted molar refractivity (Wildman–Crippen MR) is 172 cm³/mol. The van der Waals surface area contributed by atoms with Crippen LogP contribution in [-0.4, -0.2) is 10.5 Å². The van der Waals surface area contributed by atoms with Gasteiger partial charge >= 0.3 is 0 Å². The molecule has 6 rings (SSSR count). The van der Waals surface area contributed by atoms with Crippen molar-refractivity contribution in [2.45, 2.75) is 26.5 Å². The van der Waals surface area contributed by atoms with Crippen molar-refractivity contribution in [3.63, 3.8) is 0 Å². The van der Waals surface area contributed by atoms with Gasteiger partial charge in [0.05, 0.1) is 21.8 Å². The Morgan fingerprint density at radius 3 is 2.35 bits per heavy atom. The highest BCUT2D eigenvalue weighted by Gasteiger charge is 2.32. The van der Waals surface area contributed by atoms with E-state index in [1.165, 1.54) is 11.3 Å². The number of halogens is 1. The van der Waals surface area contributed by atoms with Gasteiger partial charge in [-0.15, -0.1) is 0 Å². The molecule has 0 spiro atoms. The lowest BCUT2D eigenvalue weighted by Gasteiger charge is -2.25. The summed E-state index contributed by atoms with van der Waals surface area (Å²) in [5.41, 5.74) is 5.30. The fraction of sp³-hybridized carbons (Fsp3) is 0.114. The molecular weight excluding hydrogens is 578 g/mol. The van der Waals surface area contributed by atoms with E-state index in [0.717, 1.165) is 28.0 Å². The average Bonchev–Trinajstić information content (AvgIpc) is 3.31. The van der Waals surface area contributed by atoms with Crippen LogP contribution in [0.4, 0.5) is 5.69 Å². The number of benzene rings is 4. The van der Waals surface area contributed by atoms with Crippen molar-refractivity contribution in [3.05, 3.63) is 161 Å². The third kappa shape index (κ3) is 6.23. The van der Waals surface area contributed by atoms with Crippen LogP contribution in [-0.2, 0) is 11.4 Å². The fourth-order valence-corrected chi connectivity index (χ4v) is 6.13. The molecule has 4 aromatic carbocycles. The molecule has 0 radical (unpaired) electrons. The van der Waals surface area contributed by atoms with Gasteiger partial charge in [-0.25, -0.2) is 4.99 Å². The lowest BCUT2D eigenvalue weighted by Crippen LogP contribution is -2.40. The molecular formula is C35H28ClN3O3S. The predicted octanol–water partition coefficient (Wildman–Crippen LogP) is 6.41. The third-order valence-corrected chi connectivity index (χ3v) is 8.42. The van der Waals surface area contributed by atoms with E-state index in [1.807, 2.05) is 123 Å². The maximum atomic E-state index is 13.9. The summed E-state index contributed by atoms with van der Waals surface area (Å²) in [5, 5.41) is 3.67. The van der Waals surface area contributed by atoms with Gasteiger partial charge in [0.1, 0.15) is 12.4 Å². The van der Waals surface area contributed by atoms with Gasteiger partial charge in [-0.05, 0) is 73.0 Å². The van der Waals surface area contributed by atoms with E-state index in [9.17, 15) is 9.59 Å². The molecule has 1 aromatic heterocycles. The lowest BCUT2D eigenvalue weighted by molar-refractivity contribution is -0.113. The minimum atomic E-state index is -0.619. The van der Waals surface area contributed by atoms with Crippen LogP contribution >= 0.6 is 22.9 Å². The minimum Gasteiger partial charge on any atom is -0.489 e. The number of aromatic nitrogens is 1. The summed E-state index contributed by atoms with van der Waals surface area (Å²) < 4.78 is 8.08. The van der Waals surface area contributed by atoms with Crippen molar-refractivity contribution < 1.29 is 9.53 Å². The second kappa shape index (κ2) is 12.3. The summed E-state index contributed by atoms with van der Waals surface area (Å²) in [4.78, 5) is 32.9. The summed E-state index contributed by atoms with van der Waals surface area (Å²) in [7, 11) is 0. The number of carbonyl (C=O) groups excluding carboxylic acids is 1. The molecule has 2 heterocycles. The monoisotopic (exact) mass is 605 g/mol. The van der Waals surface area contributed by atoms with Crippen LogP contribution in [0, 0.1) is 6.92 Å². The SMILES string of the molecule is CC1=C(C(=O)Nc2ccccc2)C(c2ccc(C)cc2)n2c(s/c(=C\c3ccc(OCc4ccc(Cl)cc4)cc3)c2=O)=N1. The Kier molecular flexibility index (Phi) is 8.09. The maximum absolute atomic E-state index is 13.9. The number of amides is 1. The van der Waals surface area contributed by atoms with Gasteiger partial charge < -0.3 is 10.1 Å². The Labute approximate surface area is 257 Å². The first kappa shape index (κ1) is 28.4. The molecule has 1 aliphatic heterocycles. The standard InChI is InChI=1S/C35H28ClN3O3S/c1-22-8-14-26(15-9-22)32-31(33(40)38-28-6-4-3-5-7-28)23(2)37-35-39(32)34(41)30(43-35)20-24-12-18-29(19-13-24)42-21-25-10-16-27(36)17-11-25/h3-20,32H,21H2,1-2H3,(H,38,40)/b30-20-. The first-order chi connectivity index (χ1) is 20.9. The molecule has 0 saturated carbocycles. The van der Waals surface area contributed by atoms with Crippen molar-refractivity contribution in [3.8, 4) is 5.75 Å². The van der Waals surface area contributed by atoms with Crippen LogP contribution in [0.25, 0.3) is 6.08 Å². The van der Waals surface area contributed by atoms with Gasteiger partial charge in [0, 0.05) is 10.7 Å². The molecule has 214 valence electrons. The zero-order valence-corrected chi connectivity index (χ0v) is 25.2. The topological polar surface area (TPSA) is 72.7 Å². The van der Waals surface area contributed by atoms with Crippen LogP contribution < -0.4 is 24.9 Å². The Morgan fingerprint density at radius 2 is 1.65 bits per heavy atom. The van der Waals surface area contributed by atoms with E-state index < -0.39 is 6.04 Å². The number of hydrogen-bond acceptors (Lipinski definition) is 5. The Hall–Kier alpha value is -4.72. The van der Waals surface area contributed by atoms with E-state index in [4.69, 9.17) is 21.3 Å². The molecule has 0 fully saturated rings. The number of rotatable bonds is 7. The van der Waals surface area contributed by atoms with Crippen LogP contribution in [0.1, 0.15) is 35.2 Å². The van der Waals surface area contributed by atoms with Gasteiger partial charge in [0.25, 0.3) is 11.5 Å². The smallest absolute Gasteiger partial charge is 0.271 e. The molecule has 1 N–H and O–H groups in total. The molecule has 8 heteroatoms. The van der Waals surface area contributed by atoms with Gasteiger partial charge in [-0.1, -0.05) is 95.2 Å². The minimum absolute atomic E-state index is 0.199. The molecule has 5 aromatic rings. The fourth-order valence-electron chi connectivity index (χ4n) is 4.95. The number of ether oxygens (including phenoxy) is 1. The largest absolute Gasteiger partial charge is 0.489 e. The molecule has 1 aliphatic rings. The normalized spacial score (nSPS) is 14.7. The third-order valence-electron chi connectivity index (χ3n) is 7.19. The number of nitrogens with zero attached hydrogens (tertiary/aromatic N) is 2. The van der Waals surface area contributed by atoms with Crippen LogP contribution in [0.5, 0.6) is 5.75 Å². The molecule has 1 unspecified atom stereocenters. The molecule has 0 saturated heterocycles. The van der Waals surface area contributed by atoms with Crippen LogP contribution in [0.2, 0.25) is 5.02 Å². The highest BCUT2D eigenvalue weighted by molar-refractivity contribution is 7.07. The van der Waals surface area contributed by atoms with Crippen molar-refractivity contribution in [1.82, 2.24) is 4.57 Å². The van der Waals surface area contributed by atoms with Crippen LogP contribution in [0.15, 0.2) is 124 Å². The van der Waals surface area contributed by atoms with Crippen LogP contribution in [0.3, 0.4) is 0 Å². The first-order valence-corrected chi connectivity index (χ1v) is 15.0. The number of thiazole rings is 1. The number of para-hydroxylation sites is 1. The molecule has 6 nitrogen and oxygen atoms in total. The van der Waals surface area contributed by atoms with E-state index in [1.54, 1.807) is 4.57 Å². The van der Waals surface area contributed by atoms with Crippen molar-refractivity contribution in [2.75, 3.05) is 5.32 Å². The van der Waals surface area contributed by atoms with Crippen molar-refractivity contribution in [2.24, 2.45) is 4.99 Å². The summed E-state index contributed by atoms with van der Waals surface area (Å²) >= 11 is 7.28. The summed E-state index contributed by atoms with van der Waals surface area (Å²) in [5.74, 6) is 0.430. The number of allylic oxidation sites excluding steroid dienone is 1. The van der Waals surface area contributed by atoms with E-state index in [0.29, 0.717) is 37.9 Å². The van der Waals surface area contributed by atoms with Crippen molar-refractivity contribution >= 4 is 40.6 Å². The van der Waals surface area contributed by atoms with Crippen molar-refractivity contribution in [1.29, 1.82) is 0 Å². The molecule has 43 heavy (non-hydrogen) atoms. The number of hydrogen-bond donors (Lipinski definition) is 1. The molecule has 0 bridgehead atoms. The summed E-state index contributed by atoms with van der Waals surface area (Å²) in [6.45, 7) is 4.25. The average molecular weight is 606 g/mol. The Bertz CT molecular complexity index is 1990. The number of aryl methyl sites for hydroxylation is 1. The Balaban J connectivity index is 1.33. The zero-order valence-electron chi connectivity index (χ0n) is 23.6. The van der Waals surface area contributed by atoms with Gasteiger partial charge in [-0.2, -0.15) is 0 Å². The number of anilines is 1. The second-order valence-corrected chi connectivity index (χ2v) is 11.7. The lowest BCUT2D eigenvalue weighted by atomic mass is 9.94. The maximum Gasteiger partial charge on any atom is 0.271 e. The number of nitrogens with one attached hydrogen (secondary N) is 1. The molecule has 1 amide bonds. The van der Waals surface area contributed by atoms with Gasteiger partial charge in [0.2, 0.25) is 0 Å². The summed E-state index contributed by atoms with van der Waals surface area (Å²) in [6.07, 6.45) is 1.85. The molecule has 0 aliphatic carbocycles. The number of fused-ring (bicyclic) bond motifs is 1. The second-order valence-electron chi connectivity index (χ2n) is 10.3. The first-order valence-electron chi connectivity index (χ1n) is 13.8. The van der Waals surface area contributed by atoms with E-state index in [2.05, 4.69) is 5.32 Å².